The monoisotopic (exact) mass is 414 g/mol. The third kappa shape index (κ3) is 2.75. The zero-order chi connectivity index (χ0) is 22.0. The highest BCUT2D eigenvalue weighted by Gasteiger charge is 2.47. The molecule has 4 aliphatic heterocycles. The highest BCUT2D eigenvalue weighted by Crippen LogP contribution is 2.49. The lowest BCUT2D eigenvalue weighted by molar-refractivity contribution is 0.788. The molecule has 2 aromatic rings. The molecule has 2 aromatic carbocycles. The summed E-state index contributed by atoms with van der Waals surface area (Å²) in [5.41, 5.74) is 10.9. The number of hydrogen-bond donors (Lipinski definition) is 0. The molecule has 0 atom stereocenters. The summed E-state index contributed by atoms with van der Waals surface area (Å²) in [6, 6.07) is 17.7. The van der Waals surface area contributed by atoms with E-state index in [2.05, 4.69) is 122 Å². The highest BCUT2D eigenvalue weighted by molar-refractivity contribution is 6.89. The number of para-hydroxylation sites is 2. The van der Waals surface area contributed by atoms with Gasteiger partial charge in [0.2, 0.25) is 0 Å². The number of allylic oxidation sites excluding steroid dienone is 8. The number of rotatable bonds is 2. The van der Waals surface area contributed by atoms with Crippen molar-refractivity contribution in [3.05, 3.63) is 107 Å². The zero-order valence-corrected chi connectivity index (χ0v) is 19.3. The maximum Gasteiger partial charge on any atom is 0.337 e. The molecule has 0 unspecified atom stereocenters. The van der Waals surface area contributed by atoms with Crippen LogP contribution in [0.5, 0.6) is 0 Å². The van der Waals surface area contributed by atoms with Crippen LogP contribution in [0.2, 0.25) is 0 Å². The molecule has 4 heterocycles. The van der Waals surface area contributed by atoms with Crippen molar-refractivity contribution in [2.45, 2.75) is 27.7 Å². The van der Waals surface area contributed by atoms with Crippen LogP contribution in [0.4, 0.5) is 11.4 Å². The van der Waals surface area contributed by atoms with Gasteiger partial charge in [-0.3, -0.25) is 0 Å². The summed E-state index contributed by atoms with van der Waals surface area (Å²) in [5, 5.41) is 0. The molecule has 0 N–H and O–H groups in total. The van der Waals surface area contributed by atoms with Gasteiger partial charge in [0.25, 0.3) is 0 Å². The molecule has 0 fully saturated rings. The lowest BCUT2D eigenvalue weighted by Crippen LogP contribution is -2.64. The van der Waals surface area contributed by atoms with Gasteiger partial charge >= 0.3 is 13.7 Å². The van der Waals surface area contributed by atoms with Gasteiger partial charge in [-0.2, -0.15) is 0 Å². The average Bonchev–Trinajstić information content (AvgIpc) is 2.83. The van der Waals surface area contributed by atoms with E-state index in [-0.39, 0.29) is 13.7 Å². The minimum Gasteiger partial charge on any atom is -0.329 e. The van der Waals surface area contributed by atoms with E-state index in [4.69, 9.17) is 0 Å². The van der Waals surface area contributed by atoms with Crippen LogP contribution in [0, 0.1) is 11.8 Å². The van der Waals surface area contributed by atoms with Crippen molar-refractivity contribution in [3.63, 3.8) is 0 Å². The molecule has 0 spiro atoms. The van der Waals surface area contributed by atoms with Crippen LogP contribution in [0.1, 0.15) is 27.7 Å². The van der Waals surface area contributed by atoms with Crippen molar-refractivity contribution in [2.24, 2.45) is 11.8 Å². The van der Waals surface area contributed by atoms with Crippen LogP contribution < -0.4 is 9.84 Å². The molecule has 0 aromatic heterocycles. The van der Waals surface area contributed by atoms with Crippen LogP contribution in [-0.4, -0.2) is 13.7 Å². The second-order valence-corrected chi connectivity index (χ2v) is 9.84. The number of nitrogens with zero attached hydrogens (tertiary/aromatic N) is 2. The van der Waals surface area contributed by atoms with Crippen molar-refractivity contribution < 1.29 is 0 Å². The molecule has 156 valence electrons. The number of anilines is 2. The maximum atomic E-state index is 2.53. The Morgan fingerprint density at radius 1 is 0.594 bits per heavy atom. The lowest BCUT2D eigenvalue weighted by atomic mass is 9.38. The summed E-state index contributed by atoms with van der Waals surface area (Å²) in [7, 11) is 0. The van der Waals surface area contributed by atoms with E-state index < -0.39 is 0 Å². The first kappa shape index (κ1) is 19.5. The molecule has 6 rings (SSSR count). The molecule has 32 heavy (non-hydrogen) atoms. The predicted octanol–water partition coefficient (Wildman–Crippen LogP) is 6.65. The maximum absolute atomic E-state index is 2.53. The van der Waals surface area contributed by atoms with Crippen molar-refractivity contribution >= 4 is 25.1 Å². The number of benzene rings is 2. The second kappa shape index (κ2) is 7.20. The first-order valence-corrected chi connectivity index (χ1v) is 11.8. The van der Waals surface area contributed by atoms with Gasteiger partial charge in [-0.05, 0) is 35.1 Å². The summed E-state index contributed by atoms with van der Waals surface area (Å²) in [6.07, 6.45) is 9.61. The van der Waals surface area contributed by atoms with Gasteiger partial charge in [-0.1, -0.05) is 111 Å². The Bertz CT molecular complexity index is 1160. The third-order valence-electron chi connectivity index (χ3n) is 7.24. The van der Waals surface area contributed by atoms with E-state index in [9.17, 15) is 0 Å². The van der Waals surface area contributed by atoms with Crippen molar-refractivity contribution in [3.8, 4) is 11.1 Å². The quantitative estimate of drug-likeness (QED) is 0.508. The van der Waals surface area contributed by atoms with E-state index >= 15 is 0 Å². The molecule has 0 bridgehead atoms. The molecule has 4 aliphatic rings. The SMILES string of the molecule is CC(C)C1=CC2=C3C=C(C(C)C)C=CB3N3c4ccccc4-c4ccccc4N3B2C=C1. The number of hydrogen-bond acceptors (Lipinski definition) is 2. The van der Waals surface area contributed by atoms with Crippen molar-refractivity contribution in [1.82, 2.24) is 0 Å². The third-order valence-corrected chi connectivity index (χ3v) is 7.24. The summed E-state index contributed by atoms with van der Waals surface area (Å²) in [4.78, 5) is 5.06. The molecule has 2 nitrogen and oxygen atoms in total. The van der Waals surface area contributed by atoms with Crippen LogP contribution in [-0.2, 0) is 0 Å². The Balaban J connectivity index is 1.64. The summed E-state index contributed by atoms with van der Waals surface area (Å²) in [5.74, 6) is 5.84. The first-order chi connectivity index (χ1) is 15.5. The largest absolute Gasteiger partial charge is 0.337 e. The number of hydrazine groups is 1. The van der Waals surface area contributed by atoms with Gasteiger partial charge in [0.05, 0.1) is 11.4 Å². The average molecular weight is 414 g/mol. The normalized spacial score (nSPS) is 18.3. The van der Waals surface area contributed by atoms with Gasteiger partial charge in [-0.25, -0.2) is 0 Å². The van der Waals surface area contributed by atoms with Crippen LogP contribution >= 0.6 is 0 Å². The van der Waals surface area contributed by atoms with Crippen LogP contribution in [0.25, 0.3) is 11.1 Å². The Hall–Kier alpha value is -3.13. The fraction of sp³-hybridized carbons (Fsp3) is 0.214. The standard InChI is InChI=1S/C28H28B2N2/c1-19(2)21-13-15-29-25(17-21)26-18-22(20(3)4)14-16-30(26)32-28-12-8-6-10-24(28)23-9-5-7-11-27(23)31(29)32/h5-20H,1-4H3. The molecule has 0 amide bonds. The molecular formula is C28H28B2N2. The lowest BCUT2D eigenvalue weighted by Gasteiger charge is -2.53. The summed E-state index contributed by atoms with van der Waals surface area (Å²) in [6.45, 7) is 9.53. The van der Waals surface area contributed by atoms with Gasteiger partial charge in [0.15, 0.2) is 0 Å². The van der Waals surface area contributed by atoms with Gasteiger partial charge in [0.1, 0.15) is 0 Å². The predicted molar refractivity (Wildman–Crippen MR) is 139 cm³/mol. The van der Waals surface area contributed by atoms with E-state index in [0.717, 1.165) is 0 Å². The first-order valence-electron chi connectivity index (χ1n) is 11.8. The molecule has 4 heteroatoms. The summed E-state index contributed by atoms with van der Waals surface area (Å²) >= 11 is 0. The molecule has 0 saturated heterocycles. The smallest absolute Gasteiger partial charge is 0.329 e. The highest BCUT2D eigenvalue weighted by atomic mass is 15.6. The zero-order valence-electron chi connectivity index (χ0n) is 19.3. The van der Waals surface area contributed by atoms with Gasteiger partial charge in [0, 0.05) is 11.1 Å². The Morgan fingerprint density at radius 3 is 1.41 bits per heavy atom. The van der Waals surface area contributed by atoms with Crippen molar-refractivity contribution in [1.29, 1.82) is 0 Å². The van der Waals surface area contributed by atoms with Crippen LogP contribution in [0.3, 0.4) is 0 Å². The molecule has 0 saturated carbocycles. The van der Waals surface area contributed by atoms with Crippen LogP contribution in [0.15, 0.2) is 107 Å². The number of fused-ring (bicyclic) bond motifs is 10. The van der Waals surface area contributed by atoms with E-state index in [1.807, 2.05) is 0 Å². The molecule has 0 aliphatic carbocycles. The Morgan fingerprint density at radius 2 is 1.00 bits per heavy atom. The minimum absolute atomic E-state index is 0.189. The Labute approximate surface area is 192 Å². The fourth-order valence-electron chi connectivity index (χ4n) is 5.49. The van der Waals surface area contributed by atoms with E-state index in [1.54, 1.807) is 0 Å². The van der Waals surface area contributed by atoms with E-state index in [1.165, 1.54) is 44.6 Å². The minimum atomic E-state index is 0.189. The van der Waals surface area contributed by atoms with Gasteiger partial charge < -0.3 is 9.84 Å². The van der Waals surface area contributed by atoms with Crippen molar-refractivity contribution in [2.75, 3.05) is 9.84 Å². The molecular weight excluding hydrogens is 386 g/mol. The topological polar surface area (TPSA) is 6.48 Å². The second-order valence-electron chi connectivity index (χ2n) is 9.84. The summed E-state index contributed by atoms with van der Waals surface area (Å²) < 4.78 is 0. The van der Waals surface area contributed by atoms with E-state index in [0.29, 0.717) is 11.8 Å². The fourth-order valence-corrected chi connectivity index (χ4v) is 5.49. The Kier molecular flexibility index (Phi) is 4.40. The van der Waals surface area contributed by atoms with Gasteiger partial charge in [-0.15, -0.1) is 0 Å². The molecule has 0 radical (unpaired) electrons.